The number of fused-ring (bicyclic) bond motifs is 1. The van der Waals surface area contributed by atoms with Gasteiger partial charge in [0.25, 0.3) is 0 Å². The van der Waals surface area contributed by atoms with E-state index in [0.717, 1.165) is 22.0 Å². The summed E-state index contributed by atoms with van der Waals surface area (Å²) in [4.78, 5) is 122. The van der Waals surface area contributed by atoms with Gasteiger partial charge in [0.15, 0.2) is 5.96 Å². The molecule has 0 bridgehead atoms. The molecule has 0 radical (unpaired) electrons. The van der Waals surface area contributed by atoms with Crippen LogP contribution in [0.5, 0.6) is 0 Å². The smallest absolute Gasteiger partial charge is 0.246 e. The van der Waals surface area contributed by atoms with Gasteiger partial charge in [-0.15, -0.1) is 0 Å². The molecule has 2 heterocycles. The second-order valence-electron chi connectivity index (χ2n) is 21.0. The predicted octanol–water partition coefficient (Wildman–Crippen LogP) is 3.21. The van der Waals surface area contributed by atoms with Crippen molar-refractivity contribution in [2.24, 2.45) is 22.2 Å². The standard InChI is InChI=1S/C60H76N12O8/c1-2-3-28-50(73)67-49-37-51(74)64-33-16-15-26-45(52(61)75)68-55(78)48(36-40-38-66-44-25-14-13-24-43(40)44)70-53(76)46(27-17-34-65-58(62)63)69-54(77)47(35-39-18-7-4-8-19-39)71-57(80)60(72-56(49)79)31-29-59(30-32-60,41-20-9-5-10-21-41)42-22-11-6-12-23-42/h4-14,18-25,38,45-49,66H,2-3,15-17,26-37H2,1H3,(H2,61,75)(H,64,74)(H,67,73)(H,68,78)(H,69,77)(H,70,76)(H,71,80)(H,72,79)(H4,62,63,65)/t45?,46-,47+,48-,49-/m0/s1. The number of guanidine groups is 1. The molecule has 1 unspecified atom stereocenters. The van der Waals surface area contributed by atoms with Crippen LogP contribution in [0.4, 0.5) is 0 Å². The van der Waals surface area contributed by atoms with Gasteiger partial charge in [-0.05, 0) is 92.5 Å². The highest BCUT2D eigenvalue weighted by molar-refractivity contribution is 6.00. The van der Waals surface area contributed by atoms with Crippen LogP contribution in [0.1, 0.15) is 113 Å². The Labute approximate surface area is 466 Å². The van der Waals surface area contributed by atoms with Crippen molar-refractivity contribution in [3.05, 3.63) is 144 Å². The number of aromatic amines is 1. The number of nitrogens with zero attached hydrogens (tertiary/aromatic N) is 1. The number of primary amides is 1. The molecular weight excluding hydrogens is 1020 g/mol. The summed E-state index contributed by atoms with van der Waals surface area (Å²) >= 11 is 0. The molecule has 20 heteroatoms. The van der Waals surface area contributed by atoms with Gasteiger partial charge in [-0.3, -0.25) is 43.3 Å². The number of unbranched alkanes of at least 4 members (excludes halogenated alkanes) is 1. The third-order valence-corrected chi connectivity index (χ3v) is 15.3. The second kappa shape index (κ2) is 28.4. The minimum atomic E-state index is -1.70. The lowest BCUT2D eigenvalue weighted by atomic mass is 9.60. The topological polar surface area (TPSA) is 327 Å². The summed E-state index contributed by atoms with van der Waals surface area (Å²) in [6, 6.07) is 29.7. The molecule has 1 spiro atoms. The summed E-state index contributed by atoms with van der Waals surface area (Å²) in [6.45, 7) is 2.12. The number of hydrogen-bond donors (Lipinski definition) is 11. The molecule has 5 atom stereocenters. The van der Waals surface area contributed by atoms with Gasteiger partial charge in [0.05, 0.1) is 6.42 Å². The van der Waals surface area contributed by atoms with Crippen LogP contribution in [0, 0.1) is 0 Å². The van der Waals surface area contributed by atoms with E-state index in [1.54, 1.807) is 30.5 Å². The van der Waals surface area contributed by atoms with Gasteiger partial charge < -0.3 is 59.4 Å². The average molecular weight is 1090 g/mol. The third-order valence-electron chi connectivity index (χ3n) is 15.3. The van der Waals surface area contributed by atoms with E-state index in [1.165, 1.54) is 0 Å². The fourth-order valence-corrected chi connectivity index (χ4v) is 10.8. The highest BCUT2D eigenvalue weighted by Gasteiger charge is 2.51. The summed E-state index contributed by atoms with van der Waals surface area (Å²) in [6.07, 6.45) is 4.24. The number of carbonyl (C=O) groups is 8. The van der Waals surface area contributed by atoms with E-state index in [-0.39, 0.29) is 70.4 Å². The normalized spacial score (nSPS) is 21.6. The van der Waals surface area contributed by atoms with Crippen molar-refractivity contribution in [3.63, 3.8) is 0 Å². The van der Waals surface area contributed by atoms with Gasteiger partial charge in [0.2, 0.25) is 47.3 Å². The Bertz CT molecular complexity index is 2920. The molecule has 2 fully saturated rings. The van der Waals surface area contributed by atoms with Gasteiger partial charge in [-0.2, -0.15) is 0 Å². The fraction of sp³-hybridized carbons (Fsp3) is 0.417. The van der Waals surface area contributed by atoms with Crippen molar-refractivity contribution in [3.8, 4) is 0 Å². The summed E-state index contributed by atoms with van der Waals surface area (Å²) in [5.74, 6) is -5.70. The van der Waals surface area contributed by atoms with Gasteiger partial charge in [-0.1, -0.05) is 123 Å². The number of rotatable bonds is 15. The molecular formula is C60H76N12O8. The molecule has 20 nitrogen and oxygen atoms in total. The largest absolute Gasteiger partial charge is 0.370 e. The summed E-state index contributed by atoms with van der Waals surface area (Å²) in [5, 5.41) is 20.9. The first-order valence-corrected chi connectivity index (χ1v) is 27.7. The van der Waals surface area contributed by atoms with Crippen molar-refractivity contribution in [2.75, 3.05) is 13.1 Å². The van der Waals surface area contributed by atoms with Gasteiger partial charge in [0, 0.05) is 54.9 Å². The number of hydrogen-bond acceptors (Lipinski definition) is 9. The maximum Gasteiger partial charge on any atom is 0.246 e. The molecule has 1 aliphatic carbocycles. The van der Waals surface area contributed by atoms with Crippen molar-refractivity contribution in [2.45, 2.75) is 144 Å². The molecule has 4 aromatic carbocycles. The lowest BCUT2D eigenvalue weighted by Crippen LogP contribution is -2.67. The number of nitrogens with one attached hydrogen (secondary N) is 8. The minimum absolute atomic E-state index is 0.0230. The van der Waals surface area contributed by atoms with Gasteiger partial charge >= 0.3 is 0 Å². The van der Waals surface area contributed by atoms with Crippen LogP contribution in [-0.4, -0.2) is 107 Å². The molecule has 1 saturated carbocycles. The van der Waals surface area contributed by atoms with E-state index in [1.807, 2.05) is 97.9 Å². The van der Waals surface area contributed by atoms with Crippen LogP contribution in [0.2, 0.25) is 0 Å². The van der Waals surface area contributed by atoms with Crippen molar-refractivity contribution in [1.29, 1.82) is 0 Å². The highest BCUT2D eigenvalue weighted by Crippen LogP contribution is 2.48. The highest BCUT2D eigenvalue weighted by atomic mass is 16.2. The Hall–Kier alpha value is -8.55. The van der Waals surface area contributed by atoms with E-state index in [2.05, 4.69) is 47.2 Å². The van der Waals surface area contributed by atoms with Crippen molar-refractivity contribution in [1.82, 2.24) is 42.2 Å². The molecule has 1 aromatic heterocycles. The molecule has 424 valence electrons. The Balaban J connectivity index is 1.30. The van der Waals surface area contributed by atoms with Crippen LogP contribution < -0.4 is 54.4 Å². The summed E-state index contributed by atoms with van der Waals surface area (Å²) in [7, 11) is 0. The molecule has 1 aliphatic heterocycles. The van der Waals surface area contributed by atoms with Crippen LogP contribution >= 0.6 is 0 Å². The van der Waals surface area contributed by atoms with E-state index < -0.39 is 94.8 Å². The molecule has 8 amide bonds. The van der Waals surface area contributed by atoms with Crippen molar-refractivity contribution < 1.29 is 38.4 Å². The Morgan fingerprint density at radius 2 is 1.26 bits per heavy atom. The van der Waals surface area contributed by atoms with Crippen molar-refractivity contribution >= 4 is 64.1 Å². The zero-order valence-electron chi connectivity index (χ0n) is 45.4. The predicted molar refractivity (Wildman–Crippen MR) is 305 cm³/mol. The number of carbonyl (C=O) groups excluding carboxylic acids is 8. The van der Waals surface area contributed by atoms with Gasteiger partial charge in [-0.25, -0.2) is 0 Å². The first-order valence-electron chi connectivity index (χ1n) is 27.7. The number of H-pyrrole nitrogens is 1. The second-order valence-corrected chi connectivity index (χ2v) is 21.0. The SMILES string of the molecule is CCCCC(=O)N[C@H]1CC(=O)NCCCCC(C(N)=O)NC(=O)[C@H](Cc2c[nH]c3ccccc23)NC(=O)[C@H](CCCN=C(N)N)NC(=O)[C@@H](Cc2ccccc2)NC(=O)C2(CCC(c3ccccc3)(c3ccccc3)CC2)NC1=O. The van der Waals surface area contributed by atoms with Crippen LogP contribution in [0.25, 0.3) is 10.9 Å². The van der Waals surface area contributed by atoms with Crippen LogP contribution in [-0.2, 0) is 56.6 Å². The Kier molecular flexibility index (Phi) is 21.0. The molecule has 14 N–H and O–H groups in total. The van der Waals surface area contributed by atoms with E-state index >= 15 is 9.59 Å². The Morgan fingerprint density at radius 1 is 0.662 bits per heavy atom. The summed E-state index contributed by atoms with van der Waals surface area (Å²) in [5.41, 5.74) is 19.0. The number of aliphatic imine (C=N–C) groups is 1. The molecule has 2 aliphatic rings. The maximum atomic E-state index is 15.6. The van der Waals surface area contributed by atoms with E-state index in [9.17, 15) is 28.8 Å². The number of para-hydroxylation sites is 1. The zero-order chi connectivity index (χ0) is 57.1. The van der Waals surface area contributed by atoms with Gasteiger partial charge in [0.1, 0.15) is 35.7 Å². The van der Waals surface area contributed by atoms with Crippen LogP contribution in [0.15, 0.2) is 126 Å². The summed E-state index contributed by atoms with van der Waals surface area (Å²) < 4.78 is 0. The molecule has 7 rings (SSSR count). The first-order chi connectivity index (χ1) is 38.6. The van der Waals surface area contributed by atoms with E-state index in [0.29, 0.717) is 49.7 Å². The lowest BCUT2D eigenvalue weighted by molar-refractivity contribution is -0.140. The Morgan fingerprint density at radius 3 is 1.91 bits per heavy atom. The number of amides is 8. The zero-order valence-corrected chi connectivity index (χ0v) is 45.4. The fourth-order valence-electron chi connectivity index (χ4n) is 10.8. The first kappa shape index (κ1) is 59.1. The molecule has 1 saturated heterocycles. The van der Waals surface area contributed by atoms with E-state index in [4.69, 9.17) is 17.2 Å². The number of benzene rings is 4. The molecule has 80 heavy (non-hydrogen) atoms. The van der Waals surface area contributed by atoms with Crippen LogP contribution in [0.3, 0.4) is 0 Å². The number of nitrogens with two attached hydrogens (primary N) is 3. The monoisotopic (exact) mass is 1090 g/mol. The third kappa shape index (κ3) is 15.8. The number of aromatic nitrogens is 1. The molecule has 5 aromatic rings. The lowest BCUT2D eigenvalue weighted by Gasteiger charge is -2.47. The average Bonchev–Trinajstić information content (AvgIpc) is 3.98. The maximum absolute atomic E-state index is 15.6. The minimum Gasteiger partial charge on any atom is -0.370 e. The quantitative estimate of drug-likeness (QED) is 0.0413.